The van der Waals surface area contributed by atoms with E-state index in [1.165, 1.54) is 34.1 Å². The van der Waals surface area contributed by atoms with Crippen LogP contribution in [0.4, 0.5) is 0 Å². The van der Waals surface area contributed by atoms with Gasteiger partial charge in [-0.1, -0.05) is 108 Å². The average molecular weight is 1050 g/mol. The van der Waals surface area contributed by atoms with Crippen LogP contribution in [0, 0.1) is 10.8 Å². The first-order chi connectivity index (χ1) is 35.9. The first kappa shape index (κ1) is 60.1. The molecule has 8 amide bonds. The van der Waals surface area contributed by atoms with Gasteiger partial charge in [0.25, 0.3) is 11.8 Å². The van der Waals surface area contributed by atoms with Crippen LogP contribution < -0.4 is 42.5 Å². The highest BCUT2D eigenvalue weighted by Gasteiger charge is 2.48. The summed E-state index contributed by atoms with van der Waals surface area (Å²) < 4.78 is 0. The van der Waals surface area contributed by atoms with Crippen LogP contribution >= 0.6 is 0 Å². The Morgan fingerprint density at radius 3 is 1.21 bits per heavy atom. The minimum Gasteiger partial charge on any atom is -0.394 e. The molecule has 0 aromatic heterocycles. The highest BCUT2D eigenvalue weighted by atomic mass is 16.3. The van der Waals surface area contributed by atoms with E-state index in [0.717, 1.165) is 11.1 Å². The molecule has 3 aromatic rings. The third-order valence-electron chi connectivity index (χ3n) is 14.1. The second-order valence-corrected chi connectivity index (χ2v) is 22.2. The molecule has 2 heterocycles. The van der Waals surface area contributed by atoms with Crippen molar-refractivity contribution >= 4 is 47.3 Å². The van der Waals surface area contributed by atoms with Crippen molar-refractivity contribution in [2.75, 3.05) is 40.4 Å². The maximum absolute atomic E-state index is 14.6. The molecule has 2 aliphatic rings. The van der Waals surface area contributed by atoms with Crippen molar-refractivity contribution in [2.45, 2.75) is 141 Å². The third-order valence-corrected chi connectivity index (χ3v) is 14.1. The Balaban J connectivity index is 1.36. The Hall–Kier alpha value is -6.74. The van der Waals surface area contributed by atoms with Gasteiger partial charge in [-0.25, -0.2) is 0 Å². The molecule has 2 aliphatic heterocycles. The molecular formula is C56H80N10O10. The molecule has 5 rings (SSSR count). The predicted octanol–water partition coefficient (Wildman–Crippen LogP) is 0.802. The molecule has 0 spiro atoms. The molecule has 20 nitrogen and oxygen atoms in total. The van der Waals surface area contributed by atoms with Crippen LogP contribution in [-0.2, 0) is 41.6 Å². The van der Waals surface area contributed by atoms with E-state index in [2.05, 4.69) is 42.5 Å². The normalized spacial score (nSPS) is 20.0. The van der Waals surface area contributed by atoms with Crippen LogP contribution in [0.3, 0.4) is 0 Å². The zero-order chi connectivity index (χ0) is 56.1. The van der Waals surface area contributed by atoms with E-state index in [1.807, 2.05) is 60.7 Å². The molecule has 0 saturated carbocycles. The first-order valence-corrected chi connectivity index (χ1v) is 26.1. The van der Waals surface area contributed by atoms with E-state index >= 15 is 0 Å². The summed E-state index contributed by atoms with van der Waals surface area (Å²) in [6.45, 7) is 13.1. The SMILES string of the molecule is CN[C@@H](C)C(=O)NC(C(=O)N1C[C@@H](NC(=O)c2cccc(C(=O)N[C@H]3CC(C(=O)N[C@H](CO)Cc4ccccc4)N(C(=O)[C@@H](NC(=O)[C@H](C)NC)C(C)(C)C)C3)c2)C[C@H]1C(=O)N[C@H](CO)Cc1ccccc1)C(C)(C)C. The highest BCUT2D eigenvalue weighted by molar-refractivity contribution is 6.01. The molecule has 0 radical (unpaired) electrons. The summed E-state index contributed by atoms with van der Waals surface area (Å²) in [7, 11) is 3.24. The molecule has 2 saturated heterocycles. The Kier molecular flexibility index (Phi) is 21.2. The second-order valence-electron chi connectivity index (χ2n) is 22.2. The Bertz CT molecular complexity index is 2330. The number of hydrogen-bond acceptors (Lipinski definition) is 12. The smallest absolute Gasteiger partial charge is 0.251 e. The summed E-state index contributed by atoms with van der Waals surface area (Å²) in [6, 6.07) is 16.1. The third kappa shape index (κ3) is 16.1. The zero-order valence-corrected chi connectivity index (χ0v) is 45.6. The molecule has 10 atom stereocenters. The van der Waals surface area contributed by atoms with Crippen molar-refractivity contribution in [1.82, 2.24) is 52.3 Å². The summed E-state index contributed by atoms with van der Waals surface area (Å²) in [5, 5.41) is 43.8. The lowest BCUT2D eigenvalue weighted by atomic mass is 9.85. The minimum absolute atomic E-state index is 0.00404. The highest BCUT2D eigenvalue weighted by Crippen LogP contribution is 2.29. The average Bonchev–Trinajstić information content (AvgIpc) is 4.03. The van der Waals surface area contributed by atoms with Crippen LogP contribution in [0.1, 0.15) is 100 Å². The van der Waals surface area contributed by atoms with Crippen LogP contribution in [0.15, 0.2) is 84.9 Å². The van der Waals surface area contributed by atoms with Gasteiger partial charge in [-0.05, 0) is 93.8 Å². The van der Waals surface area contributed by atoms with Gasteiger partial charge in [-0.2, -0.15) is 0 Å². The molecular weight excluding hydrogens is 973 g/mol. The van der Waals surface area contributed by atoms with Crippen molar-refractivity contribution in [3.8, 4) is 0 Å². The number of likely N-dealkylation sites (tertiary alicyclic amines) is 2. The Morgan fingerprint density at radius 1 is 0.539 bits per heavy atom. The van der Waals surface area contributed by atoms with E-state index in [1.54, 1.807) is 69.5 Å². The monoisotopic (exact) mass is 1050 g/mol. The second kappa shape index (κ2) is 26.8. The van der Waals surface area contributed by atoms with Crippen molar-refractivity contribution in [1.29, 1.82) is 0 Å². The molecule has 2 fully saturated rings. The molecule has 414 valence electrons. The van der Waals surface area contributed by atoms with Crippen LogP contribution in [0.2, 0.25) is 0 Å². The lowest BCUT2D eigenvalue weighted by Crippen LogP contribution is -2.60. The molecule has 2 unspecified atom stereocenters. The van der Waals surface area contributed by atoms with E-state index in [4.69, 9.17) is 0 Å². The van der Waals surface area contributed by atoms with E-state index in [-0.39, 0.29) is 50.3 Å². The summed E-state index contributed by atoms with van der Waals surface area (Å²) >= 11 is 0. The Labute approximate surface area is 446 Å². The summed E-state index contributed by atoms with van der Waals surface area (Å²) in [6.07, 6.45) is 0.626. The molecule has 3 aromatic carbocycles. The Morgan fingerprint density at radius 2 is 0.895 bits per heavy atom. The van der Waals surface area contributed by atoms with Crippen molar-refractivity contribution in [2.24, 2.45) is 10.8 Å². The van der Waals surface area contributed by atoms with Crippen LogP contribution in [-0.4, -0.2) is 168 Å². The quantitative estimate of drug-likeness (QED) is 0.0670. The summed E-state index contributed by atoms with van der Waals surface area (Å²) in [5.41, 5.74) is 0.344. The van der Waals surface area contributed by atoms with Crippen LogP contribution in [0.5, 0.6) is 0 Å². The number of amides is 8. The molecule has 10 N–H and O–H groups in total. The number of hydrogen-bond donors (Lipinski definition) is 10. The molecule has 20 heteroatoms. The van der Waals surface area contributed by atoms with Gasteiger partial charge in [0.1, 0.15) is 24.2 Å². The van der Waals surface area contributed by atoms with Gasteiger partial charge in [0.2, 0.25) is 35.4 Å². The number of aliphatic hydroxyl groups is 2. The van der Waals surface area contributed by atoms with E-state index in [9.17, 15) is 48.6 Å². The number of nitrogens with one attached hydrogen (secondary N) is 8. The van der Waals surface area contributed by atoms with Crippen molar-refractivity contribution < 1.29 is 48.6 Å². The standard InChI is InChI=1S/C56H80N10O10/c1-33(57-9)47(69)63-45(55(3,4)5)53(75)65-29-39(27-43(65)51(73)61-41(31-67)24-35-18-13-11-14-19-35)59-49(71)37-22-17-23-38(26-37)50(72)60-40-28-44(52(74)62-42(32-68)25-36-20-15-12-16-21-36)66(30-40)54(76)46(56(6,7)8)64-48(70)34(2)58-10/h11-23,26,33-34,39-46,57-58,67-68H,24-25,27-32H2,1-10H3,(H,59,71)(H,60,72)(H,61,73)(H,62,74)(H,63,69)(H,64,70)/t33-,34-,39-,40-,41-,42-,43-,44?,45?,46+/m0/s1. The number of nitrogens with zero attached hydrogens (tertiary/aromatic N) is 2. The van der Waals surface area contributed by atoms with Gasteiger partial charge in [-0.15, -0.1) is 0 Å². The van der Waals surface area contributed by atoms with E-state index in [0.29, 0.717) is 12.8 Å². The minimum atomic E-state index is -1.10. The van der Waals surface area contributed by atoms with Crippen molar-refractivity contribution in [3.05, 3.63) is 107 Å². The lowest BCUT2D eigenvalue weighted by Gasteiger charge is -2.36. The number of carbonyl (C=O) groups is 8. The number of likely N-dealkylation sites (N-methyl/N-ethyl adjacent to an activating group) is 2. The van der Waals surface area contributed by atoms with Gasteiger partial charge in [-0.3, -0.25) is 38.4 Å². The van der Waals surface area contributed by atoms with Gasteiger partial charge >= 0.3 is 0 Å². The summed E-state index contributed by atoms with van der Waals surface area (Å²) in [5.74, 6) is -4.18. The fourth-order valence-electron chi connectivity index (χ4n) is 9.34. The van der Waals surface area contributed by atoms with Crippen molar-refractivity contribution in [3.63, 3.8) is 0 Å². The van der Waals surface area contributed by atoms with E-state index < -0.39 is 119 Å². The number of rotatable bonds is 22. The van der Waals surface area contributed by atoms with Crippen LogP contribution in [0.25, 0.3) is 0 Å². The number of benzene rings is 3. The summed E-state index contributed by atoms with van der Waals surface area (Å²) in [4.78, 5) is 115. The zero-order valence-electron chi connectivity index (χ0n) is 45.6. The molecule has 0 aliphatic carbocycles. The first-order valence-electron chi connectivity index (χ1n) is 26.1. The molecule has 76 heavy (non-hydrogen) atoms. The van der Waals surface area contributed by atoms with Gasteiger partial charge in [0.05, 0.1) is 37.4 Å². The fourth-order valence-corrected chi connectivity index (χ4v) is 9.34. The fraction of sp³-hybridized carbons (Fsp3) is 0.536. The van der Waals surface area contributed by atoms with Gasteiger partial charge < -0.3 is 62.5 Å². The molecule has 0 bridgehead atoms. The van der Waals surface area contributed by atoms with Gasteiger partial charge in [0, 0.05) is 36.3 Å². The predicted molar refractivity (Wildman–Crippen MR) is 287 cm³/mol. The maximum Gasteiger partial charge on any atom is 0.251 e. The number of carbonyl (C=O) groups excluding carboxylic acids is 8. The number of aliphatic hydroxyl groups excluding tert-OH is 2. The lowest BCUT2D eigenvalue weighted by molar-refractivity contribution is -0.144. The largest absolute Gasteiger partial charge is 0.394 e. The topological polar surface area (TPSA) is 280 Å². The maximum atomic E-state index is 14.6. The van der Waals surface area contributed by atoms with Gasteiger partial charge in [0.15, 0.2) is 0 Å².